The maximum Gasteiger partial charge on any atom is 0.228 e. The van der Waals surface area contributed by atoms with Gasteiger partial charge in [-0.2, -0.15) is 0 Å². The summed E-state index contributed by atoms with van der Waals surface area (Å²) in [6, 6.07) is 18.4. The summed E-state index contributed by atoms with van der Waals surface area (Å²) < 4.78 is 15.2. The molecule has 4 rings (SSSR count). The Hall–Kier alpha value is -2.69. The van der Waals surface area contributed by atoms with Gasteiger partial charge in [-0.15, -0.1) is 0 Å². The van der Waals surface area contributed by atoms with E-state index < -0.39 is 5.82 Å². The van der Waals surface area contributed by atoms with Gasteiger partial charge >= 0.3 is 0 Å². The van der Waals surface area contributed by atoms with E-state index in [-0.39, 0.29) is 5.78 Å². The Morgan fingerprint density at radius 1 is 1.00 bits per heavy atom. The molecular weight excluding hydrogens is 386 g/mol. The third kappa shape index (κ3) is 3.46. The molecule has 0 fully saturated rings. The van der Waals surface area contributed by atoms with Gasteiger partial charge in [-0.05, 0) is 54.1 Å². The lowest BCUT2D eigenvalue weighted by molar-refractivity contribution is 0.102. The van der Waals surface area contributed by atoms with Gasteiger partial charge in [-0.25, -0.2) is 9.37 Å². The van der Waals surface area contributed by atoms with Crippen LogP contribution in [0.3, 0.4) is 0 Å². The van der Waals surface area contributed by atoms with Crippen molar-refractivity contribution in [1.82, 2.24) is 9.55 Å². The number of halogens is 3. The van der Waals surface area contributed by atoms with Crippen molar-refractivity contribution in [2.45, 2.75) is 6.54 Å². The number of carbonyl (C=O) groups excluding carboxylic acids is 1. The van der Waals surface area contributed by atoms with E-state index in [1.54, 1.807) is 34.9 Å². The Kier molecular flexibility index (Phi) is 4.68. The highest BCUT2D eigenvalue weighted by molar-refractivity contribution is 6.31. The SMILES string of the molecule is O=C(c1ccc(Cl)cc1)c1nc2ccccc2n1Cc1ccc(F)cc1Cl. The van der Waals surface area contributed by atoms with Crippen molar-refractivity contribution in [3.63, 3.8) is 0 Å². The van der Waals surface area contributed by atoms with Crippen LogP contribution in [0.2, 0.25) is 10.0 Å². The molecule has 0 unspecified atom stereocenters. The van der Waals surface area contributed by atoms with Crippen LogP contribution >= 0.6 is 23.2 Å². The maximum atomic E-state index is 13.4. The van der Waals surface area contributed by atoms with E-state index in [0.717, 1.165) is 5.52 Å². The minimum Gasteiger partial charge on any atom is -0.317 e. The largest absolute Gasteiger partial charge is 0.317 e. The number of rotatable bonds is 4. The summed E-state index contributed by atoms with van der Waals surface area (Å²) in [6.07, 6.45) is 0. The number of para-hydroxylation sites is 2. The van der Waals surface area contributed by atoms with Crippen LogP contribution in [0.1, 0.15) is 21.7 Å². The molecule has 0 bridgehead atoms. The second-order valence-electron chi connectivity index (χ2n) is 6.08. The molecule has 0 N–H and O–H groups in total. The molecule has 0 atom stereocenters. The molecule has 0 saturated carbocycles. The summed E-state index contributed by atoms with van der Waals surface area (Å²) >= 11 is 12.1. The average Bonchev–Trinajstić information content (AvgIpc) is 3.02. The zero-order chi connectivity index (χ0) is 19.0. The number of hydrogen-bond donors (Lipinski definition) is 0. The molecule has 0 radical (unpaired) electrons. The molecule has 0 aliphatic rings. The standard InChI is InChI=1S/C21H13Cl2FN2O/c22-15-8-5-13(6-9-15)20(27)21-25-18-3-1-2-4-19(18)26(21)12-14-7-10-16(24)11-17(14)23/h1-11H,12H2. The number of imidazole rings is 1. The summed E-state index contributed by atoms with van der Waals surface area (Å²) in [5.74, 6) is -0.336. The molecule has 134 valence electrons. The smallest absolute Gasteiger partial charge is 0.228 e. The third-order valence-electron chi connectivity index (χ3n) is 4.31. The van der Waals surface area contributed by atoms with Crippen LogP contribution < -0.4 is 0 Å². The van der Waals surface area contributed by atoms with E-state index in [1.807, 2.05) is 24.3 Å². The van der Waals surface area contributed by atoms with Crippen molar-refractivity contribution in [2.75, 3.05) is 0 Å². The Morgan fingerprint density at radius 3 is 2.48 bits per heavy atom. The first-order chi connectivity index (χ1) is 13.0. The third-order valence-corrected chi connectivity index (χ3v) is 4.91. The van der Waals surface area contributed by atoms with Gasteiger partial charge in [0.05, 0.1) is 17.6 Å². The second kappa shape index (κ2) is 7.14. The maximum absolute atomic E-state index is 13.4. The highest BCUT2D eigenvalue weighted by Crippen LogP contribution is 2.24. The first kappa shape index (κ1) is 17.7. The van der Waals surface area contributed by atoms with E-state index in [1.165, 1.54) is 12.1 Å². The highest BCUT2D eigenvalue weighted by atomic mass is 35.5. The lowest BCUT2D eigenvalue weighted by Crippen LogP contribution is -2.12. The fraction of sp³-hybridized carbons (Fsp3) is 0.0476. The van der Waals surface area contributed by atoms with Gasteiger partial charge in [0.25, 0.3) is 0 Å². The molecule has 0 aliphatic heterocycles. The summed E-state index contributed by atoms with van der Waals surface area (Å²) in [5, 5.41) is 0.857. The molecule has 6 heteroatoms. The second-order valence-corrected chi connectivity index (χ2v) is 6.93. The molecule has 0 amide bonds. The van der Waals surface area contributed by atoms with Crippen molar-refractivity contribution in [3.8, 4) is 0 Å². The molecule has 1 heterocycles. The summed E-state index contributed by atoms with van der Waals surface area (Å²) in [7, 11) is 0. The number of ketones is 1. The van der Waals surface area contributed by atoms with Crippen LogP contribution in [-0.2, 0) is 6.54 Å². The highest BCUT2D eigenvalue weighted by Gasteiger charge is 2.20. The number of hydrogen-bond acceptors (Lipinski definition) is 2. The molecule has 3 nitrogen and oxygen atoms in total. The molecule has 4 aromatic rings. The minimum absolute atomic E-state index is 0.221. The van der Waals surface area contributed by atoms with Gasteiger partial charge in [0.1, 0.15) is 5.82 Å². The fourth-order valence-corrected chi connectivity index (χ4v) is 3.31. The molecule has 3 aromatic carbocycles. The number of carbonyl (C=O) groups is 1. The Bertz CT molecular complexity index is 1150. The van der Waals surface area contributed by atoms with Crippen molar-refractivity contribution < 1.29 is 9.18 Å². The monoisotopic (exact) mass is 398 g/mol. The van der Waals surface area contributed by atoms with Crippen molar-refractivity contribution in [3.05, 3.63) is 99.5 Å². The van der Waals surface area contributed by atoms with Gasteiger partial charge in [-0.3, -0.25) is 4.79 Å². The molecule has 1 aromatic heterocycles. The molecular formula is C21H13Cl2FN2O. The van der Waals surface area contributed by atoms with Gasteiger partial charge in [0, 0.05) is 15.6 Å². The summed E-state index contributed by atoms with van der Waals surface area (Å²) in [5.41, 5.74) is 2.69. The van der Waals surface area contributed by atoms with Crippen LogP contribution in [0.15, 0.2) is 66.7 Å². The molecule has 0 aliphatic carbocycles. The average molecular weight is 399 g/mol. The van der Waals surface area contributed by atoms with Crippen molar-refractivity contribution >= 4 is 40.0 Å². The topological polar surface area (TPSA) is 34.9 Å². The zero-order valence-corrected chi connectivity index (χ0v) is 15.5. The number of aromatic nitrogens is 2. The zero-order valence-electron chi connectivity index (χ0n) is 14.0. The summed E-state index contributed by atoms with van der Waals surface area (Å²) in [6.45, 7) is 0.300. The van der Waals surface area contributed by atoms with E-state index in [9.17, 15) is 9.18 Å². The molecule has 0 spiro atoms. The first-order valence-electron chi connectivity index (χ1n) is 8.22. The Balaban J connectivity index is 1.84. The Morgan fingerprint density at radius 2 is 1.74 bits per heavy atom. The van der Waals surface area contributed by atoms with Gasteiger partial charge in [0.2, 0.25) is 5.78 Å². The van der Waals surface area contributed by atoms with E-state index in [0.29, 0.717) is 39.1 Å². The van der Waals surface area contributed by atoms with Crippen LogP contribution in [0, 0.1) is 5.82 Å². The Labute approximate surface area is 165 Å². The van der Waals surface area contributed by atoms with Crippen LogP contribution in [0.5, 0.6) is 0 Å². The molecule has 0 saturated heterocycles. The first-order valence-corrected chi connectivity index (χ1v) is 8.98. The number of nitrogens with zero attached hydrogens (tertiary/aromatic N) is 2. The minimum atomic E-state index is -0.406. The van der Waals surface area contributed by atoms with Crippen LogP contribution in [0.4, 0.5) is 4.39 Å². The van der Waals surface area contributed by atoms with Crippen LogP contribution in [0.25, 0.3) is 11.0 Å². The quantitative estimate of drug-likeness (QED) is 0.409. The van der Waals surface area contributed by atoms with E-state index >= 15 is 0 Å². The van der Waals surface area contributed by atoms with Crippen LogP contribution in [-0.4, -0.2) is 15.3 Å². The lowest BCUT2D eigenvalue weighted by Gasteiger charge is -2.10. The van der Waals surface area contributed by atoms with Crippen molar-refractivity contribution in [2.24, 2.45) is 0 Å². The van der Waals surface area contributed by atoms with Gasteiger partial charge in [0.15, 0.2) is 5.82 Å². The molecule has 27 heavy (non-hydrogen) atoms. The normalized spacial score (nSPS) is 11.1. The van der Waals surface area contributed by atoms with E-state index in [4.69, 9.17) is 23.2 Å². The lowest BCUT2D eigenvalue weighted by atomic mass is 10.1. The predicted molar refractivity (Wildman–Crippen MR) is 105 cm³/mol. The fourth-order valence-electron chi connectivity index (χ4n) is 2.96. The van der Waals surface area contributed by atoms with Gasteiger partial charge in [-0.1, -0.05) is 41.4 Å². The number of benzene rings is 3. The van der Waals surface area contributed by atoms with Crippen molar-refractivity contribution in [1.29, 1.82) is 0 Å². The summed E-state index contributed by atoms with van der Waals surface area (Å²) in [4.78, 5) is 17.6. The van der Waals surface area contributed by atoms with Gasteiger partial charge < -0.3 is 4.57 Å². The predicted octanol–water partition coefficient (Wildman–Crippen LogP) is 5.76. The van der Waals surface area contributed by atoms with E-state index in [2.05, 4.69) is 4.98 Å². The number of fused-ring (bicyclic) bond motifs is 1.